The van der Waals surface area contributed by atoms with Crippen LogP contribution in [0.4, 0.5) is 13.2 Å². The summed E-state index contributed by atoms with van der Waals surface area (Å²) in [5.74, 6) is 0. The summed E-state index contributed by atoms with van der Waals surface area (Å²) in [6.07, 6.45) is -1.47. The molecule has 8 heteroatoms. The second-order valence-corrected chi connectivity index (χ2v) is 4.74. The van der Waals surface area contributed by atoms with E-state index >= 15 is 0 Å². The van der Waals surface area contributed by atoms with E-state index in [-0.39, 0.29) is 37.3 Å². The van der Waals surface area contributed by atoms with Gasteiger partial charge in [0.25, 0.3) is 0 Å². The van der Waals surface area contributed by atoms with E-state index in [0.29, 0.717) is 0 Å². The van der Waals surface area contributed by atoms with Crippen LogP contribution < -0.4 is 5.32 Å². The van der Waals surface area contributed by atoms with Gasteiger partial charge in [-0.05, 0) is 24.1 Å². The number of piperazine rings is 1. The molecule has 2 rings (SSSR count). The second kappa shape index (κ2) is 9.46. The van der Waals surface area contributed by atoms with E-state index in [9.17, 15) is 13.2 Å². The standard InChI is InChI=1S/C13H18F3N3.2ClH/c14-13(15,16)4-1-12(11-2-5-17-6-3-11)19-9-7-18-8-10-19;;/h2-3,5-6,12,18H,1,4,7-10H2;2*1H/t12-;;/m0../s1. The van der Waals surface area contributed by atoms with Crippen LogP contribution >= 0.6 is 24.8 Å². The van der Waals surface area contributed by atoms with E-state index < -0.39 is 12.6 Å². The molecule has 1 N–H and O–H groups in total. The summed E-state index contributed by atoms with van der Waals surface area (Å²) in [6, 6.07) is 3.44. The predicted octanol–water partition coefficient (Wildman–Crippen LogP) is 3.21. The van der Waals surface area contributed by atoms with Gasteiger partial charge in [-0.3, -0.25) is 9.88 Å². The number of hydrogen-bond donors (Lipinski definition) is 1. The molecule has 0 bridgehead atoms. The van der Waals surface area contributed by atoms with Crippen LogP contribution in [0.1, 0.15) is 24.4 Å². The van der Waals surface area contributed by atoms with Crippen LogP contribution in [0.2, 0.25) is 0 Å². The van der Waals surface area contributed by atoms with Crippen LogP contribution in [0.25, 0.3) is 0 Å². The highest BCUT2D eigenvalue weighted by atomic mass is 35.5. The van der Waals surface area contributed by atoms with Gasteiger partial charge in [-0.25, -0.2) is 0 Å². The summed E-state index contributed by atoms with van der Waals surface area (Å²) >= 11 is 0. The molecule has 3 nitrogen and oxygen atoms in total. The van der Waals surface area contributed by atoms with E-state index in [1.54, 1.807) is 12.4 Å². The van der Waals surface area contributed by atoms with Crippen molar-refractivity contribution in [3.63, 3.8) is 0 Å². The maximum atomic E-state index is 12.5. The zero-order valence-corrected chi connectivity index (χ0v) is 13.1. The van der Waals surface area contributed by atoms with Gasteiger partial charge < -0.3 is 5.32 Å². The lowest BCUT2D eigenvalue weighted by atomic mass is 10.0. The predicted molar refractivity (Wildman–Crippen MR) is 81.2 cm³/mol. The van der Waals surface area contributed by atoms with E-state index in [1.165, 1.54) is 0 Å². The van der Waals surface area contributed by atoms with Crippen molar-refractivity contribution >= 4 is 24.8 Å². The van der Waals surface area contributed by atoms with Crippen molar-refractivity contribution in [1.29, 1.82) is 0 Å². The van der Waals surface area contributed by atoms with Crippen molar-refractivity contribution in [3.8, 4) is 0 Å². The number of pyridine rings is 1. The molecule has 1 aliphatic heterocycles. The van der Waals surface area contributed by atoms with Gasteiger partial charge in [0.05, 0.1) is 0 Å². The summed E-state index contributed by atoms with van der Waals surface area (Å²) in [7, 11) is 0. The zero-order valence-electron chi connectivity index (χ0n) is 11.5. The molecule has 1 fully saturated rings. The van der Waals surface area contributed by atoms with Gasteiger partial charge in [-0.1, -0.05) is 0 Å². The number of rotatable bonds is 4. The summed E-state index contributed by atoms with van der Waals surface area (Å²) in [5.41, 5.74) is 0.918. The smallest absolute Gasteiger partial charge is 0.314 e. The average molecular weight is 346 g/mol. The Labute approximate surface area is 135 Å². The summed E-state index contributed by atoms with van der Waals surface area (Å²) in [4.78, 5) is 6.05. The van der Waals surface area contributed by atoms with E-state index in [4.69, 9.17) is 0 Å². The molecule has 0 radical (unpaired) electrons. The first-order valence-corrected chi connectivity index (χ1v) is 6.48. The van der Waals surface area contributed by atoms with E-state index in [1.807, 2.05) is 12.1 Å². The summed E-state index contributed by atoms with van der Waals surface area (Å²) in [5, 5.41) is 3.22. The SMILES string of the molecule is Cl.Cl.FC(F)(F)CC[C@@H](c1ccncc1)N1CCNCC1. The van der Waals surface area contributed by atoms with Gasteiger partial charge >= 0.3 is 6.18 Å². The van der Waals surface area contributed by atoms with Gasteiger partial charge in [0.15, 0.2) is 0 Å². The molecule has 1 aliphatic rings. The van der Waals surface area contributed by atoms with Crippen LogP contribution in [0.15, 0.2) is 24.5 Å². The normalized spacial score (nSPS) is 17.5. The average Bonchev–Trinajstić information content (AvgIpc) is 2.40. The molecule has 1 saturated heterocycles. The van der Waals surface area contributed by atoms with Crippen LogP contribution in [0.3, 0.4) is 0 Å². The second-order valence-electron chi connectivity index (χ2n) is 4.74. The van der Waals surface area contributed by atoms with Crippen LogP contribution in [-0.4, -0.2) is 42.2 Å². The van der Waals surface area contributed by atoms with Crippen molar-refractivity contribution < 1.29 is 13.2 Å². The Morgan fingerprint density at radius 2 is 1.71 bits per heavy atom. The van der Waals surface area contributed by atoms with Crippen LogP contribution in [0.5, 0.6) is 0 Å². The minimum atomic E-state index is -4.10. The molecule has 1 atom stereocenters. The Hall–Kier alpha value is -0.560. The van der Waals surface area contributed by atoms with E-state index in [0.717, 1.165) is 31.7 Å². The first kappa shape index (κ1) is 20.4. The zero-order chi connectivity index (χ0) is 13.7. The molecule has 0 spiro atoms. The highest BCUT2D eigenvalue weighted by Gasteiger charge is 2.31. The molecule has 2 heterocycles. The van der Waals surface area contributed by atoms with Gasteiger partial charge in [0, 0.05) is 51.0 Å². The maximum absolute atomic E-state index is 12.5. The summed E-state index contributed by atoms with van der Waals surface area (Å²) < 4.78 is 37.4. The fourth-order valence-corrected chi connectivity index (χ4v) is 2.44. The van der Waals surface area contributed by atoms with E-state index in [2.05, 4.69) is 15.2 Å². The molecule has 21 heavy (non-hydrogen) atoms. The highest BCUT2D eigenvalue weighted by molar-refractivity contribution is 5.85. The Morgan fingerprint density at radius 1 is 1.14 bits per heavy atom. The molecule has 0 unspecified atom stereocenters. The van der Waals surface area contributed by atoms with Crippen LogP contribution in [0, 0.1) is 0 Å². The molecule has 0 aliphatic carbocycles. The fourth-order valence-electron chi connectivity index (χ4n) is 2.44. The maximum Gasteiger partial charge on any atom is 0.389 e. The van der Waals surface area contributed by atoms with Crippen molar-refractivity contribution in [1.82, 2.24) is 15.2 Å². The summed E-state index contributed by atoms with van der Waals surface area (Å²) in [6.45, 7) is 3.22. The molecule has 0 saturated carbocycles. The molecular formula is C13H20Cl2F3N3. The lowest BCUT2D eigenvalue weighted by Crippen LogP contribution is -2.45. The molecule has 0 aromatic carbocycles. The third-order valence-electron chi connectivity index (χ3n) is 3.38. The fraction of sp³-hybridized carbons (Fsp3) is 0.615. The third kappa shape index (κ3) is 6.82. The quantitative estimate of drug-likeness (QED) is 0.908. The topological polar surface area (TPSA) is 28.2 Å². The molecule has 1 aromatic heterocycles. The minimum Gasteiger partial charge on any atom is -0.314 e. The van der Waals surface area contributed by atoms with Crippen molar-refractivity contribution in [2.75, 3.05) is 26.2 Å². The first-order chi connectivity index (χ1) is 9.06. The number of nitrogens with one attached hydrogen (secondary N) is 1. The van der Waals surface area contributed by atoms with Gasteiger partial charge in [0.1, 0.15) is 0 Å². The third-order valence-corrected chi connectivity index (χ3v) is 3.38. The highest BCUT2D eigenvalue weighted by Crippen LogP contribution is 2.31. The van der Waals surface area contributed by atoms with Crippen LogP contribution in [-0.2, 0) is 0 Å². The van der Waals surface area contributed by atoms with Gasteiger partial charge in [-0.2, -0.15) is 13.2 Å². The largest absolute Gasteiger partial charge is 0.389 e. The lowest BCUT2D eigenvalue weighted by molar-refractivity contribution is -0.138. The number of halogens is 5. The number of alkyl halides is 3. The molecule has 122 valence electrons. The lowest BCUT2D eigenvalue weighted by Gasteiger charge is -2.35. The monoisotopic (exact) mass is 345 g/mol. The molecule has 0 amide bonds. The Bertz CT molecular complexity index is 384. The number of aromatic nitrogens is 1. The van der Waals surface area contributed by atoms with Crippen molar-refractivity contribution in [2.45, 2.75) is 25.1 Å². The Kier molecular flexibility index (Phi) is 9.20. The van der Waals surface area contributed by atoms with Gasteiger partial charge in [0.2, 0.25) is 0 Å². The number of nitrogens with zero attached hydrogens (tertiary/aromatic N) is 2. The Balaban J connectivity index is 0.00000200. The van der Waals surface area contributed by atoms with Crippen molar-refractivity contribution in [2.24, 2.45) is 0 Å². The molecular weight excluding hydrogens is 326 g/mol. The molecule has 1 aromatic rings. The first-order valence-electron chi connectivity index (χ1n) is 6.48. The van der Waals surface area contributed by atoms with Gasteiger partial charge in [-0.15, -0.1) is 24.8 Å². The van der Waals surface area contributed by atoms with Crippen molar-refractivity contribution in [3.05, 3.63) is 30.1 Å². The Morgan fingerprint density at radius 3 is 2.24 bits per heavy atom. The number of hydrogen-bond acceptors (Lipinski definition) is 3. The minimum absolute atomic E-state index is 0.